The van der Waals surface area contributed by atoms with Gasteiger partial charge in [-0.25, -0.2) is 4.98 Å². The number of carbonyl (C=O) groups excluding carboxylic acids is 1. The molecule has 23 heavy (non-hydrogen) atoms. The smallest absolute Gasteiger partial charge is 0.229 e. The summed E-state index contributed by atoms with van der Waals surface area (Å²) in [7, 11) is 0. The minimum absolute atomic E-state index is 0.0341. The fraction of sp³-hybridized carbons (Fsp3) is 0.294. The number of rotatable bonds is 3. The molecule has 0 saturated heterocycles. The van der Waals surface area contributed by atoms with Crippen LogP contribution in [0.4, 0.5) is 5.13 Å². The summed E-state index contributed by atoms with van der Waals surface area (Å²) in [4.78, 5) is 17.9. The first-order chi connectivity index (χ1) is 11.0. The third kappa shape index (κ3) is 3.77. The van der Waals surface area contributed by atoms with E-state index < -0.39 is 0 Å². The Morgan fingerprint density at radius 1 is 1.35 bits per heavy atom. The van der Waals surface area contributed by atoms with Crippen LogP contribution < -0.4 is 5.32 Å². The molecule has 0 fully saturated rings. The summed E-state index contributed by atoms with van der Waals surface area (Å²) >= 11 is 13.7. The number of amides is 1. The summed E-state index contributed by atoms with van der Waals surface area (Å²) in [5.74, 6) is 0.0728. The van der Waals surface area contributed by atoms with Crippen molar-refractivity contribution in [2.75, 3.05) is 5.32 Å². The molecule has 0 radical (unpaired) electrons. The van der Waals surface area contributed by atoms with Gasteiger partial charge < -0.3 is 5.32 Å². The molecule has 6 heteroatoms. The Balaban J connectivity index is 1.80. The van der Waals surface area contributed by atoms with Crippen molar-refractivity contribution >= 4 is 45.6 Å². The second-order valence-corrected chi connectivity index (χ2v) is 7.57. The van der Waals surface area contributed by atoms with Crippen molar-refractivity contribution in [2.24, 2.45) is 5.92 Å². The van der Waals surface area contributed by atoms with E-state index in [2.05, 4.69) is 22.5 Å². The van der Waals surface area contributed by atoms with Gasteiger partial charge in [0.25, 0.3) is 0 Å². The SMILES string of the molecule is Cc1sc(NC(=O)C2CC=CCC2)nc1-c1ccc(Cl)cc1Cl. The molecule has 1 amide bonds. The molecule has 0 spiro atoms. The number of halogens is 2. The summed E-state index contributed by atoms with van der Waals surface area (Å²) in [6, 6.07) is 5.34. The van der Waals surface area contributed by atoms with Gasteiger partial charge in [0.1, 0.15) is 0 Å². The minimum Gasteiger partial charge on any atom is -0.302 e. The largest absolute Gasteiger partial charge is 0.302 e. The van der Waals surface area contributed by atoms with Crippen molar-refractivity contribution in [1.82, 2.24) is 4.98 Å². The molecule has 2 aromatic rings. The number of carbonyl (C=O) groups is 1. The van der Waals surface area contributed by atoms with Crippen LogP contribution in [0.25, 0.3) is 11.3 Å². The number of allylic oxidation sites excluding steroid dienone is 2. The lowest BCUT2D eigenvalue weighted by Gasteiger charge is -2.15. The zero-order valence-electron chi connectivity index (χ0n) is 12.6. The predicted octanol–water partition coefficient (Wildman–Crippen LogP) is 5.72. The van der Waals surface area contributed by atoms with E-state index in [0.717, 1.165) is 35.4 Å². The zero-order chi connectivity index (χ0) is 16.4. The Labute approximate surface area is 149 Å². The Kier molecular flexibility index (Phi) is 5.05. The van der Waals surface area contributed by atoms with Gasteiger partial charge >= 0.3 is 0 Å². The van der Waals surface area contributed by atoms with Crippen molar-refractivity contribution < 1.29 is 4.79 Å². The second-order valence-electron chi connectivity index (χ2n) is 5.52. The van der Waals surface area contributed by atoms with Gasteiger partial charge in [0, 0.05) is 21.4 Å². The lowest BCUT2D eigenvalue weighted by atomic mass is 9.94. The number of anilines is 1. The van der Waals surface area contributed by atoms with Gasteiger partial charge in [0.2, 0.25) is 5.91 Å². The van der Waals surface area contributed by atoms with Crippen molar-refractivity contribution in [2.45, 2.75) is 26.2 Å². The van der Waals surface area contributed by atoms with Gasteiger partial charge in [0.15, 0.2) is 5.13 Å². The Morgan fingerprint density at radius 3 is 2.87 bits per heavy atom. The van der Waals surface area contributed by atoms with Crippen molar-refractivity contribution in [1.29, 1.82) is 0 Å². The van der Waals surface area contributed by atoms with Crippen LogP contribution in [0.2, 0.25) is 10.0 Å². The van der Waals surface area contributed by atoms with Crippen LogP contribution >= 0.6 is 34.5 Å². The molecule has 1 heterocycles. The Morgan fingerprint density at radius 2 is 2.17 bits per heavy atom. The molecular formula is C17H16Cl2N2OS. The van der Waals surface area contributed by atoms with E-state index in [9.17, 15) is 4.79 Å². The molecular weight excluding hydrogens is 351 g/mol. The summed E-state index contributed by atoms with van der Waals surface area (Å²) in [6.07, 6.45) is 6.84. The number of aromatic nitrogens is 1. The molecule has 1 aromatic carbocycles. The maximum absolute atomic E-state index is 12.3. The number of thiazole rings is 1. The van der Waals surface area contributed by atoms with Crippen molar-refractivity contribution in [3.8, 4) is 11.3 Å². The molecule has 1 aromatic heterocycles. The van der Waals surface area contributed by atoms with Gasteiger partial charge in [-0.1, -0.05) is 35.4 Å². The number of nitrogens with one attached hydrogen (secondary N) is 1. The lowest BCUT2D eigenvalue weighted by molar-refractivity contribution is -0.120. The maximum Gasteiger partial charge on any atom is 0.229 e. The van der Waals surface area contributed by atoms with E-state index in [4.69, 9.17) is 23.2 Å². The highest BCUT2D eigenvalue weighted by atomic mass is 35.5. The van der Waals surface area contributed by atoms with E-state index in [1.165, 1.54) is 11.3 Å². The molecule has 0 saturated carbocycles. The van der Waals surface area contributed by atoms with E-state index in [-0.39, 0.29) is 11.8 Å². The minimum atomic E-state index is 0.0341. The van der Waals surface area contributed by atoms with Gasteiger partial charge in [-0.15, -0.1) is 11.3 Å². The number of aryl methyl sites for hydroxylation is 1. The first kappa shape index (κ1) is 16.5. The summed E-state index contributed by atoms with van der Waals surface area (Å²) in [6.45, 7) is 1.97. The molecule has 3 nitrogen and oxygen atoms in total. The average molecular weight is 367 g/mol. The van der Waals surface area contributed by atoms with Crippen LogP contribution in [-0.2, 0) is 4.79 Å². The van der Waals surface area contributed by atoms with E-state index in [1.807, 2.05) is 13.0 Å². The highest BCUT2D eigenvalue weighted by molar-refractivity contribution is 7.16. The molecule has 0 aliphatic heterocycles. The first-order valence-corrected chi connectivity index (χ1v) is 9.00. The molecule has 120 valence electrons. The normalized spacial score (nSPS) is 17.3. The van der Waals surface area contributed by atoms with E-state index in [1.54, 1.807) is 12.1 Å². The van der Waals surface area contributed by atoms with Crippen LogP contribution in [0.5, 0.6) is 0 Å². The van der Waals surface area contributed by atoms with Gasteiger partial charge in [-0.3, -0.25) is 4.79 Å². The van der Waals surface area contributed by atoms with Crippen LogP contribution in [0.15, 0.2) is 30.4 Å². The second kappa shape index (κ2) is 7.04. The van der Waals surface area contributed by atoms with Crippen LogP contribution in [0.1, 0.15) is 24.1 Å². The monoisotopic (exact) mass is 366 g/mol. The molecule has 1 aliphatic rings. The quantitative estimate of drug-likeness (QED) is 0.705. The van der Waals surface area contributed by atoms with Crippen molar-refractivity contribution in [3.05, 3.63) is 45.3 Å². The van der Waals surface area contributed by atoms with E-state index >= 15 is 0 Å². The fourth-order valence-electron chi connectivity index (χ4n) is 2.62. The zero-order valence-corrected chi connectivity index (χ0v) is 14.9. The van der Waals surface area contributed by atoms with Crippen LogP contribution in [0.3, 0.4) is 0 Å². The summed E-state index contributed by atoms with van der Waals surface area (Å²) in [5, 5.41) is 4.70. The summed E-state index contributed by atoms with van der Waals surface area (Å²) < 4.78 is 0. The third-order valence-electron chi connectivity index (χ3n) is 3.85. The molecule has 3 rings (SSSR count). The number of nitrogens with zero attached hydrogens (tertiary/aromatic N) is 1. The molecule has 0 bridgehead atoms. The fourth-order valence-corrected chi connectivity index (χ4v) is 3.95. The molecule has 1 atom stereocenters. The van der Waals surface area contributed by atoms with Crippen LogP contribution in [-0.4, -0.2) is 10.9 Å². The standard InChI is InChI=1S/C17H16Cl2N2OS/c1-10-15(13-8-7-12(18)9-14(13)19)20-17(23-10)21-16(22)11-5-3-2-4-6-11/h2-3,7-9,11H,4-6H2,1H3,(H,20,21,22). The van der Waals surface area contributed by atoms with Crippen molar-refractivity contribution in [3.63, 3.8) is 0 Å². The van der Waals surface area contributed by atoms with Gasteiger partial charge in [0.05, 0.1) is 10.7 Å². The third-order valence-corrected chi connectivity index (χ3v) is 5.29. The number of hydrogen-bond acceptors (Lipinski definition) is 3. The maximum atomic E-state index is 12.3. The summed E-state index contributed by atoms with van der Waals surface area (Å²) in [5.41, 5.74) is 1.61. The number of benzene rings is 1. The molecule has 1 unspecified atom stereocenters. The van der Waals surface area contributed by atoms with Gasteiger partial charge in [-0.2, -0.15) is 0 Å². The predicted molar refractivity (Wildman–Crippen MR) is 97.4 cm³/mol. The lowest BCUT2D eigenvalue weighted by Crippen LogP contribution is -2.23. The molecule has 1 N–H and O–H groups in total. The van der Waals surface area contributed by atoms with Gasteiger partial charge in [-0.05, 0) is 44.4 Å². The Hall–Kier alpha value is -1.36. The highest BCUT2D eigenvalue weighted by Crippen LogP contribution is 2.36. The Bertz CT molecular complexity index is 770. The number of hydrogen-bond donors (Lipinski definition) is 1. The highest BCUT2D eigenvalue weighted by Gasteiger charge is 2.21. The topological polar surface area (TPSA) is 42.0 Å². The van der Waals surface area contributed by atoms with E-state index in [0.29, 0.717) is 15.2 Å². The first-order valence-electron chi connectivity index (χ1n) is 7.43. The molecule has 1 aliphatic carbocycles. The van der Waals surface area contributed by atoms with Crippen LogP contribution in [0, 0.1) is 12.8 Å². The average Bonchev–Trinajstić information content (AvgIpc) is 2.88.